The summed E-state index contributed by atoms with van der Waals surface area (Å²) >= 11 is 0. The first-order valence-corrected chi connectivity index (χ1v) is 2.10. The van der Waals surface area contributed by atoms with E-state index >= 15 is 0 Å². The third-order valence-electron chi connectivity index (χ3n) is 0.481. The number of isocyanates is 1. The van der Waals surface area contributed by atoms with E-state index in [1.807, 2.05) is 0 Å². The van der Waals surface area contributed by atoms with Gasteiger partial charge in [0.05, 0.1) is 6.61 Å². The first kappa shape index (κ1) is 7.14. The average Bonchev–Trinajstić information content (AvgIpc) is 1.81. The molecule has 0 saturated heterocycles. The van der Waals surface area contributed by atoms with Crippen LogP contribution in [0, 0.1) is 0 Å². The van der Waals surface area contributed by atoms with Crippen LogP contribution in [0.4, 0.5) is 0 Å². The van der Waals surface area contributed by atoms with Gasteiger partial charge in [-0.2, -0.15) is 0 Å². The van der Waals surface area contributed by atoms with Crippen molar-refractivity contribution in [1.82, 2.24) is 0 Å². The Morgan fingerprint density at radius 1 is 1.62 bits per heavy atom. The Morgan fingerprint density at radius 3 is 2.88 bits per heavy atom. The molecule has 4 heteroatoms. The quantitative estimate of drug-likeness (QED) is 0.223. The van der Waals surface area contributed by atoms with Crippen LogP contribution in [-0.2, 0) is 14.4 Å². The molecule has 0 unspecified atom stereocenters. The summed E-state index contributed by atoms with van der Waals surface area (Å²) in [6, 6.07) is 0. The Balaban J connectivity index is 2.82. The molecule has 0 heterocycles. The first-order valence-electron chi connectivity index (χ1n) is 2.10. The molecule has 0 aromatic rings. The van der Waals surface area contributed by atoms with Crippen molar-refractivity contribution in [3.05, 3.63) is 0 Å². The van der Waals surface area contributed by atoms with E-state index in [1.165, 1.54) is 13.2 Å². The molecular formula is C4H7NO3. The molecular weight excluding hydrogens is 110 g/mol. The van der Waals surface area contributed by atoms with E-state index in [0.717, 1.165) is 0 Å². The average molecular weight is 117 g/mol. The molecule has 0 amide bonds. The molecule has 4 nitrogen and oxygen atoms in total. The Kier molecular flexibility index (Phi) is 5.48. The molecule has 0 aromatic heterocycles. The van der Waals surface area contributed by atoms with Gasteiger partial charge in [-0.1, -0.05) is 0 Å². The van der Waals surface area contributed by atoms with Crippen molar-refractivity contribution in [3.8, 4) is 0 Å². The molecule has 0 bridgehead atoms. The minimum absolute atomic E-state index is 0.297. The minimum Gasteiger partial charge on any atom is -0.384 e. The SMILES string of the molecule is COCCON=C=O. The number of nitrogens with zero attached hydrogens (tertiary/aromatic N) is 1. The molecule has 0 aliphatic heterocycles. The van der Waals surface area contributed by atoms with Crippen molar-refractivity contribution in [2.45, 2.75) is 0 Å². The fraction of sp³-hybridized carbons (Fsp3) is 0.750. The lowest BCUT2D eigenvalue weighted by Gasteiger charge is -1.91. The standard InChI is InChI=1S/C4H7NO3/c1-7-2-3-8-5-4-6/h2-3H2,1H3. The van der Waals surface area contributed by atoms with Crippen LogP contribution in [0.5, 0.6) is 0 Å². The topological polar surface area (TPSA) is 47.9 Å². The van der Waals surface area contributed by atoms with Gasteiger partial charge in [-0.15, -0.1) is 0 Å². The Labute approximate surface area is 47.1 Å². The van der Waals surface area contributed by atoms with Crippen LogP contribution in [0.15, 0.2) is 5.16 Å². The highest BCUT2D eigenvalue weighted by Gasteiger charge is 1.78. The lowest BCUT2D eigenvalue weighted by atomic mass is 10.8. The second-order valence-electron chi connectivity index (χ2n) is 1.01. The summed E-state index contributed by atoms with van der Waals surface area (Å²) < 4.78 is 4.57. The van der Waals surface area contributed by atoms with E-state index in [1.54, 1.807) is 0 Å². The molecule has 0 aliphatic carbocycles. The second kappa shape index (κ2) is 6.14. The summed E-state index contributed by atoms with van der Waals surface area (Å²) in [7, 11) is 1.54. The van der Waals surface area contributed by atoms with Crippen molar-refractivity contribution < 1.29 is 14.4 Å². The smallest absolute Gasteiger partial charge is 0.276 e. The Hall–Kier alpha value is -0.860. The lowest BCUT2D eigenvalue weighted by molar-refractivity contribution is 0.0749. The maximum absolute atomic E-state index is 9.31. The van der Waals surface area contributed by atoms with Gasteiger partial charge < -0.3 is 9.57 Å². The van der Waals surface area contributed by atoms with Crippen LogP contribution >= 0.6 is 0 Å². The minimum atomic E-state index is 0.297. The zero-order chi connectivity index (χ0) is 6.24. The molecule has 0 spiro atoms. The number of ether oxygens (including phenoxy) is 1. The van der Waals surface area contributed by atoms with Gasteiger partial charge in [0, 0.05) is 12.3 Å². The maximum Gasteiger partial charge on any atom is 0.276 e. The van der Waals surface area contributed by atoms with Gasteiger partial charge in [-0.05, 0) is 0 Å². The van der Waals surface area contributed by atoms with Gasteiger partial charge in [-0.3, -0.25) is 0 Å². The van der Waals surface area contributed by atoms with E-state index in [9.17, 15) is 4.79 Å². The van der Waals surface area contributed by atoms with Crippen molar-refractivity contribution in [2.24, 2.45) is 5.16 Å². The summed E-state index contributed by atoms with van der Waals surface area (Å²) in [6.07, 6.45) is 1.22. The Morgan fingerprint density at radius 2 is 2.38 bits per heavy atom. The first-order chi connectivity index (χ1) is 3.91. The van der Waals surface area contributed by atoms with Crippen LogP contribution in [0.3, 0.4) is 0 Å². The van der Waals surface area contributed by atoms with Gasteiger partial charge in [0.15, 0.2) is 0 Å². The zero-order valence-corrected chi connectivity index (χ0v) is 4.59. The van der Waals surface area contributed by atoms with E-state index < -0.39 is 0 Å². The largest absolute Gasteiger partial charge is 0.384 e. The normalized spacial score (nSPS) is 7.62. The van der Waals surface area contributed by atoms with Crippen molar-refractivity contribution in [3.63, 3.8) is 0 Å². The third-order valence-corrected chi connectivity index (χ3v) is 0.481. The summed E-state index contributed by atoms with van der Waals surface area (Å²) in [4.78, 5) is 13.6. The fourth-order valence-corrected chi connectivity index (χ4v) is 0.193. The highest BCUT2D eigenvalue weighted by molar-refractivity contribution is 5.31. The molecule has 8 heavy (non-hydrogen) atoms. The lowest BCUT2D eigenvalue weighted by Crippen LogP contribution is -1.96. The summed E-state index contributed by atoms with van der Waals surface area (Å²) in [6.45, 7) is 0.733. The monoisotopic (exact) mass is 117 g/mol. The van der Waals surface area contributed by atoms with E-state index in [4.69, 9.17) is 0 Å². The molecule has 0 N–H and O–H groups in total. The van der Waals surface area contributed by atoms with E-state index in [0.29, 0.717) is 13.2 Å². The predicted octanol–water partition coefficient (Wildman–Crippen LogP) is -0.0998. The maximum atomic E-state index is 9.31. The highest BCUT2D eigenvalue weighted by Crippen LogP contribution is 1.72. The van der Waals surface area contributed by atoms with Crippen LogP contribution in [0.2, 0.25) is 0 Å². The second-order valence-corrected chi connectivity index (χ2v) is 1.01. The van der Waals surface area contributed by atoms with Gasteiger partial charge in [-0.25, -0.2) is 4.79 Å². The van der Waals surface area contributed by atoms with Gasteiger partial charge in [0.2, 0.25) is 0 Å². The van der Waals surface area contributed by atoms with E-state index in [2.05, 4.69) is 14.7 Å². The number of hydrogen-bond donors (Lipinski definition) is 0. The van der Waals surface area contributed by atoms with Crippen LogP contribution < -0.4 is 0 Å². The summed E-state index contributed by atoms with van der Waals surface area (Å²) in [5, 5.41) is 2.82. The van der Waals surface area contributed by atoms with Crippen LogP contribution in [0.1, 0.15) is 0 Å². The predicted molar refractivity (Wildman–Crippen MR) is 25.9 cm³/mol. The number of methoxy groups -OCH3 is 1. The third kappa shape index (κ3) is 5.14. The van der Waals surface area contributed by atoms with Gasteiger partial charge in [0.1, 0.15) is 6.61 Å². The van der Waals surface area contributed by atoms with Crippen LogP contribution in [-0.4, -0.2) is 26.4 Å². The zero-order valence-electron chi connectivity index (χ0n) is 4.59. The molecule has 0 aromatic carbocycles. The molecule has 0 fully saturated rings. The molecule has 0 aliphatic rings. The molecule has 0 rings (SSSR count). The van der Waals surface area contributed by atoms with Crippen molar-refractivity contribution in [1.29, 1.82) is 0 Å². The summed E-state index contributed by atoms with van der Waals surface area (Å²) in [5.74, 6) is 0. The van der Waals surface area contributed by atoms with E-state index in [-0.39, 0.29) is 0 Å². The number of rotatable bonds is 4. The van der Waals surface area contributed by atoms with Gasteiger partial charge >= 0.3 is 0 Å². The molecule has 0 radical (unpaired) electrons. The van der Waals surface area contributed by atoms with Crippen LogP contribution in [0.25, 0.3) is 0 Å². The molecule has 0 saturated carbocycles. The molecule has 46 valence electrons. The number of carbonyl (C=O) groups excluding carboxylic acids is 1. The van der Waals surface area contributed by atoms with Crippen molar-refractivity contribution >= 4 is 6.08 Å². The Bertz CT molecular complexity index is 87.3. The molecule has 0 atom stereocenters. The number of hydrogen-bond acceptors (Lipinski definition) is 4. The highest BCUT2D eigenvalue weighted by atomic mass is 16.6. The fourth-order valence-electron chi connectivity index (χ4n) is 0.193. The van der Waals surface area contributed by atoms with Crippen molar-refractivity contribution in [2.75, 3.05) is 20.3 Å². The summed E-state index contributed by atoms with van der Waals surface area (Å²) in [5.41, 5.74) is 0. The van der Waals surface area contributed by atoms with Gasteiger partial charge in [0.25, 0.3) is 6.08 Å².